The van der Waals surface area contributed by atoms with E-state index in [1.807, 2.05) is 0 Å². The summed E-state index contributed by atoms with van der Waals surface area (Å²) in [6.45, 7) is -0.362. The number of ether oxygens (including phenoxy) is 1. The van der Waals surface area contributed by atoms with E-state index in [4.69, 9.17) is 11.5 Å². The number of nitrogens with two attached hydrogens (primary N) is 2. The fourth-order valence-corrected chi connectivity index (χ4v) is 4.53. The lowest BCUT2D eigenvalue weighted by molar-refractivity contribution is -0.150. The highest BCUT2D eigenvalue weighted by atomic mass is 32.2. The van der Waals surface area contributed by atoms with E-state index in [0.29, 0.717) is 0 Å². The number of anilines is 1. The number of nitrogens with zero attached hydrogens (tertiary/aromatic N) is 4. The summed E-state index contributed by atoms with van der Waals surface area (Å²) in [5.41, 5.74) is 10.0. The third kappa shape index (κ3) is 3.99. The number of aromatic nitrogens is 2. The van der Waals surface area contributed by atoms with Gasteiger partial charge in [0.2, 0.25) is 11.5 Å². The molecule has 0 aromatic carbocycles. The molecular formula is C14H15N7O7S2. The van der Waals surface area contributed by atoms with E-state index in [1.54, 1.807) is 0 Å². The topological polar surface area (TPSA) is 212 Å². The fraction of sp³-hybridized carbons (Fsp3) is 0.357. The van der Waals surface area contributed by atoms with Crippen molar-refractivity contribution in [2.24, 2.45) is 10.9 Å². The smallest absolute Gasteiger partial charge is 0.404 e. The van der Waals surface area contributed by atoms with Gasteiger partial charge in [-0.3, -0.25) is 14.5 Å². The molecule has 0 saturated carbocycles. The van der Waals surface area contributed by atoms with Crippen molar-refractivity contribution < 1.29 is 33.9 Å². The second-order valence-electron chi connectivity index (χ2n) is 5.80. The molecule has 1 aromatic rings. The highest BCUT2D eigenvalue weighted by Gasteiger charge is 2.54. The average Bonchev–Trinajstić information content (AvgIpc) is 3.13. The first-order chi connectivity index (χ1) is 14.2. The lowest BCUT2D eigenvalue weighted by Crippen LogP contribution is -2.71. The number of β-lactam (4-membered cyclic amide) rings is 1. The molecule has 0 aliphatic carbocycles. The maximum atomic E-state index is 12.6. The minimum absolute atomic E-state index is 0.0752. The molecule has 2 aliphatic rings. The summed E-state index contributed by atoms with van der Waals surface area (Å²) in [5, 5.41) is 15.0. The van der Waals surface area contributed by atoms with Crippen LogP contribution in [-0.4, -0.2) is 79.8 Å². The number of oxime groups is 1. The number of fused-ring (bicyclic) bond motifs is 1. The zero-order valence-electron chi connectivity index (χ0n) is 15.2. The molecule has 6 N–H and O–H groups in total. The van der Waals surface area contributed by atoms with Crippen molar-refractivity contribution >= 4 is 58.0 Å². The van der Waals surface area contributed by atoms with Crippen molar-refractivity contribution in [1.82, 2.24) is 19.6 Å². The van der Waals surface area contributed by atoms with E-state index in [1.165, 1.54) is 18.9 Å². The number of nitrogens with one attached hydrogen (secondary N) is 1. The number of amides is 3. The number of thioether (sulfide) groups is 1. The van der Waals surface area contributed by atoms with E-state index in [9.17, 15) is 24.3 Å². The van der Waals surface area contributed by atoms with Crippen molar-refractivity contribution in [3.63, 3.8) is 0 Å². The predicted octanol–water partition coefficient (Wildman–Crippen LogP) is -1.70. The van der Waals surface area contributed by atoms with Crippen molar-refractivity contribution in [2.75, 3.05) is 25.2 Å². The molecule has 1 saturated heterocycles. The Balaban J connectivity index is 1.77. The molecular weight excluding hydrogens is 442 g/mol. The van der Waals surface area contributed by atoms with Gasteiger partial charge in [0.05, 0.1) is 0 Å². The number of carbonyl (C=O) groups excluding carboxylic acids is 3. The van der Waals surface area contributed by atoms with Gasteiger partial charge in [0.1, 0.15) is 30.8 Å². The number of hydrogen-bond donors (Lipinski definition) is 4. The largest absolute Gasteiger partial charge is 0.477 e. The fourth-order valence-electron chi connectivity index (χ4n) is 2.77. The van der Waals surface area contributed by atoms with E-state index < -0.39 is 35.3 Å². The van der Waals surface area contributed by atoms with Gasteiger partial charge in [0.15, 0.2) is 5.13 Å². The first-order valence-electron chi connectivity index (χ1n) is 8.08. The van der Waals surface area contributed by atoms with Gasteiger partial charge in [-0.2, -0.15) is 9.36 Å². The van der Waals surface area contributed by atoms with Gasteiger partial charge in [-0.1, -0.05) is 5.16 Å². The summed E-state index contributed by atoms with van der Waals surface area (Å²) in [6.07, 6.45) is -1.07. The summed E-state index contributed by atoms with van der Waals surface area (Å²) >= 11 is 2.04. The monoisotopic (exact) mass is 457 g/mol. The molecule has 1 aromatic heterocycles. The lowest BCUT2D eigenvalue weighted by Gasteiger charge is -2.49. The third-order valence-corrected chi connectivity index (χ3v) is 5.86. The SMILES string of the molecule is CO/N=C(/C(=O)NC1C(=O)N2C(C(=O)O)=C(COC(N)=O)CS[C@H]12)c1nsc(N)n1. The van der Waals surface area contributed by atoms with E-state index in [-0.39, 0.29) is 40.3 Å². The number of primary amides is 1. The highest BCUT2D eigenvalue weighted by molar-refractivity contribution is 8.00. The maximum Gasteiger partial charge on any atom is 0.404 e. The number of hydrogen-bond acceptors (Lipinski definition) is 12. The molecule has 0 spiro atoms. The molecule has 1 unspecified atom stereocenters. The van der Waals surface area contributed by atoms with Crippen LogP contribution in [0.1, 0.15) is 5.82 Å². The summed E-state index contributed by atoms with van der Waals surface area (Å²) in [5.74, 6) is -2.74. The van der Waals surface area contributed by atoms with E-state index >= 15 is 0 Å². The summed E-state index contributed by atoms with van der Waals surface area (Å²) < 4.78 is 8.53. The average molecular weight is 457 g/mol. The van der Waals surface area contributed by atoms with Crippen LogP contribution in [0, 0.1) is 0 Å². The Morgan fingerprint density at radius 3 is 2.73 bits per heavy atom. The van der Waals surface area contributed by atoms with Crippen LogP contribution < -0.4 is 16.8 Å². The third-order valence-electron chi connectivity index (χ3n) is 3.98. The summed E-state index contributed by atoms with van der Waals surface area (Å²) in [7, 11) is 1.22. The molecule has 1 fully saturated rings. The molecule has 2 atom stereocenters. The van der Waals surface area contributed by atoms with Gasteiger partial charge < -0.3 is 31.5 Å². The van der Waals surface area contributed by atoms with Crippen LogP contribution in [0.4, 0.5) is 9.93 Å². The van der Waals surface area contributed by atoms with Crippen LogP contribution in [0.2, 0.25) is 0 Å². The van der Waals surface area contributed by atoms with E-state index in [0.717, 1.165) is 16.4 Å². The number of carboxylic acid groups (broad SMARTS) is 1. The van der Waals surface area contributed by atoms with Crippen LogP contribution in [-0.2, 0) is 24.0 Å². The molecule has 2 aliphatic heterocycles. The Kier molecular flexibility index (Phi) is 6.06. The Morgan fingerprint density at radius 2 is 2.17 bits per heavy atom. The Hall–Kier alpha value is -3.40. The minimum Gasteiger partial charge on any atom is -0.477 e. The van der Waals surface area contributed by atoms with Gasteiger partial charge >= 0.3 is 12.1 Å². The second kappa shape index (κ2) is 8.54. The number of nitrogen functional groups attached to an aromatic ring is 1. The number of carbonyl (C=O) groups is 4. The Morgan fingerprint density at radius 1 is 1.43 bits per heavy atom. The maximum absolute atomic E-state index is 12.6. The molecule has 3 rings (SSSR count). The molecule has 160 valence electrons. The van der Waals surface area contributed by atoms with Crippen molar-refractivity contribution in [1.29, 1.82) is 0 Å². The quantitative estimate of drug-likeness (QED) is 0.206. The van der Waals surface area contributed by atoms with Gasteiger partial charge in [-0.05, 0) is 0 Å². The van der Waals surface area contributed by atoms with Crippen LogP contribution in [0.5, 0.6) is 0 Å². The standard InChI is InChI=1S/C14H15N7O7S2/c1-27-19-5(8-18-13(15)30-20-8)9(22)17-6-10(23)21-7(12(24)25)4(2-28-14(16)26)3-29-11(6)21/h6,11H,2-3H2,1H3,(H2,16,26)(H,17,22)(H,24,25)(H2,15,18,20)/b19-5+/t6?,11-/m1/s1. The molecule has 0 bridgehead atoms. The van der Waals surface area contributed by atoms with Gasteiger partial charge in [-0.15, -0.1) is 11.8 Å². The van der Waals surface area contributed by atoms with Crippen LogP contribution >= 0.6 is 23.3 Å². The van der Waals surface area contributed by atoms with E-state index in [2.05, 4.69) is 29.4 Å². The minimum atomic E-state index is -1.37. The highest BCUT2D eigenvalue weighted by Crippen LogP contribution is 2.40. The number of rotatable bonds is 7. The molecule has 3 amide bonds. The Labute approximate surface area is 176 Å². The van der Waals surface area contributed by atoms with Crippen molar-refractivity contribution in [3.8, 4) is 0 Å². The number of aliphatic carboxylic acids is 1. The lowest BCUT2D eigenvalue weighted by atomic mass is 10.0. The first kappa shape index (κ1) is 21.3. The first-order valence-corrected chi connectivity index (χ1v) is 9.90. The zero-order valence-corrected chi connectivity index (χ0v) is 16.9. The summed E-state index contributed by atoms with van der Waals surface area (Å²) in [6, 6.07) is -1.02. The molecule has 30 heavy (non-hydrogen) atoms. The van der Waals surface area contributed by atoms with Gasteiger partial charge in [-0.25, -0.2) is 9.59 Å². The van der Waals surface area contributed by atoms with Crippen molar-refractivity contribution in [3.05, 3.63) is 17.1 Å². The number of carboxylic acids is 1. The van der Waals surface area contributed by atoms with Crippen LogP contribution in [0.25, 0.3) is 0 Å². The Bertz CT molecular complexity index is 976. The van der Waals surface area contributed by atoms with Crippen LogP contribution in [0.15, 0.2) is 16.4 Å². The van der Waals surface area contributed by atoms with Gasteiger partial charge in [0.25, 0.3) is 11.8 Å². The van der Waals surface area contributed by atoms with Gasteiger partial charge in [0, 0.05) is 22.9 Å². The van der Waals surface area contributed by atoms with Crippen LogP contribution in [0.3, 0.4) is 0 Å². The summed E-state index contributed by atoms with van der Waals surface area (Å²) in [4.78, 5) is 57.2. The molecule has 14 nitrogen and oxygen atoms in total. The van der Waals surface area contributed by atoms with Crippen molar-refractivity contribution in [2.45, 2.75) is 11.4 Å². The molecule has 0 radical (unpaired) electrons. The normalized spacial score (nSPS) is 20.9. The second-order valence-corrected chi connectivity index (χ2v) is 7.69. The molecule has 3 heterocycles. The molecule has 16 heteroatoms. The predicted molar refractivity (Wildman–Crippen MR) is 103 cm³/mol. The zero-order chi connectivity index (χ0) is 22.0.